The molecule has 0 spiro atoms. The number of carboxylic acid groups (broad SMARTS) is 1. The summed E-state index contributed by atoms with van der Waals surface area (Å²) in [6, 6.07) is 32.8. The largest absolute Gasteiger partial charge is 0.485 e. The van der Waals surface area contributed by atoms with Crippen LogP contribution in [0.3, 0.4) is 0 Å². The first-order valence-corrected chi connectivity index (χ1v) is 16.8. The Bertz CT molecular complexity index is 1600. The first kappa shape index (κ1) is 36.8. The third kappa shape index (κ3) is 8.71. The van der Waals surface area contributed by atoms with Gasteiger partial charge in [-0.3, -0.25) is 9.69 Å². The van der Waals surface area contributed by atoms with Crippen LogP contribution >= 0.6 is 15.9 Å². The molecule has 2 unspecified atom stereocenters. The lowest BCUT2D eigenvalue weighted by Gasteiger charge is -2.35. The molecule has 1 fully saturated rings. The second-order valence-corrected chi connectivity index (χ2v) is 13.4. The van der Waals surface area contributed by atoms with E-state index in [1.807, 2.05) is 48.5 Å². The maximum absolute atomic E-state index is 11.1. The number of hydrogen-bond donors (Lipinski definition) is 1. The third-order valence-electron chi connectivity index (χ3n) is 9.00. The number of nitrogens with zero attached hydrogens (tertiary/aromatic N) is 1. The topological polar surface area (TPSA) is 77.5 Å². The number of halogens is 1. The van der Waals surface area contributed by atoms with E-state index in [0.717, 1.165) is 60.1 Å². The molecule has 3 heterocycles. The summed E-state index contributed by atoms with van der Waals surface area (Å²) in [4.78, 5) is 13.9. The zero-order valence-electron chi connectivity index (χ0n) is 26.2. The smallest absolute Gasteiger partial charge is 0.306 e. The van der Waals surface area contributed by atoms with E-state index in [1.54, 1.807) is 0 Å². The van der Waals surface area contributed by atoms with Crippen LogP contribution in [0.5, 0.6) is 23.0 Å². The molecule has 3 aliphatic rings. The summed E-state index contributed by atoms with van der Waals surface area (Å²) < 4.78 is 23.6. The van der Waals surface area contributed by atoms with Crippen LogP contribution in [-0.4, -0.2) is 42.3 Å². The number of carbonyl (C=O) groups is 1. The number of ether oxygens (including phenoxy) is 4. The molecule has 0 radical (unpaired) electrons. The van der Waals surface area contributed by atoms with Crippen molar-refractivity contribution in [3.63, 3.8) is 0 Å². The minimum Gasteiger partial charge on any atom is -0.485 e. The Kier molecular flexibility index (Phi) is 13.0. The average molecular weight is 719 g/mol. The maximum Gasteiger partial charge on any atom is 0.306 e. The molecule has 8 heteroatoms. The quantitative estimate of drug-likeness (QED) is 0.199. The number of hydrogen-bond acceptors (Lipinski definition) is 6. The normalized spacial score (nSPS) is 19.6. The van der Waals surface area contributed by atoms with Gasteiger partial charge < -0.3 is 24.1 Å². The number of rotatable bonds is 6. The molecular formula is C40H48BrNO6. The zero-order valence-corrected chi connectivity index (χ0v) is 27.8. The Balaban J connectivity index is 0.000000220. The van der Waals surface area contributed by atoms with Crippen molar-refractivity contribution in [1.29, 1.82) is 0 Å². The number of aliphatic carboxylic acids is 1. The molecule has 7 nitrogen and oxygen atoms in total. The summed E-state index contributed by atoms with van der Waals surface area (Å²) in [6.45, 7) is 7.03. The summed E-state index contributed by atoms with van der Waals surface area (Å²) in [5, 5.41) is 9.16. The summed E-state index contributed by atoms with van der Waals surface area (Å²) in [7, 11) is 0. The van der Waals surface area contributed by atoms with E-state index < -0.39 is 5.97 Å². The monoisotopic (exact) mass is 717 g/mol. The van der Waals surface area contributed by atoms with Crippen LogP contribution in [0.4, 0.5) is 0 Å². The SMILES string of the molecule is C.C.CC(Br)c1ccc([C@H]2COc3ccccc3O2)cc1.CC(c1ccc([C@H]2COc3ccccc3O2)cc1)N1CCC(C(=O)O)CC1. The Morgan fingerprint density at radius 2 is 1.10 bits per heavy atom. The Hall–Kier alpha value is -4.01. The molecule has 0 aliphatic carbocycles. The van der Waals surface area contributed by atoms with Crippen LogP contribution in [0.1, 0.15) is 86.9 Å². The van der Waals surface area contributed by atoms with Gasteiger partial charge in [0.2, 0.25) is 0 Å². The Morgan fingerprint density at radius 3 is 1.52 bits per heavy atom. The molecule has 0 aromatic heterocycles. The minimum absolute atomic E-state index is 0. The molecule has 48 heavy (non-hydrogen) atoms. The molecule has 7 rings (SSSR count). The van der Waals surface area contributed by atoms with E-state index in [9.17, 15) is 4.79 Å². The lowest BCUT2D eigenvalue weighted by Crippen LogP contribution is -2.37. The van der Waals surface area contributed by atoms with E-state index in [-0.39, 0.29) is 39.0 Å². The first-order valence-electron chi connectivity index (χ1n) is 15.9. The fourth-order valence-electron chi connectivity index (χ4n) is 6.08. The summed E-state index contributed by atoms with van der Waals surface area (Å²) in [5.41, 5.74) is 4.75. The lowest BCUT2D eigenvalue weighted by molar-refractivity contribution is -0.143. The highest BCUT2D eigenvalue weighted by Gasteiger charge is 2.28. The Labute approximate surface area is 293 Å². The fourth-order valence-corrected chi connectivity index (χ4v) is 6.38. The van der Waals surface area contributed by atoms with E-state index >= 15 is 0 Å². The number of para-hydroxylation sites is 4. The number of fused-ring (bicyclic) bond motifs is 2. The van der Waals surface area contributed by atoms with Gasteiger partial charge in [-0.05, 0) is 86.3 Å². The van der Waals surface area contributed by atoms with Crippen LogP contribution < -0.4 is 18.9 Å². The van der Waals surface area contributed by atoms with Gasteiger partial charge in [0.25, 0.3) is 0 Å². The summed E-state index contributed by atoms with van der Waals surface area (Å²) >= 11 is 3.57. The van der Waals surface area contributed by atoms with E-state index in [4.69, 9.17) is 24.1 Å². The van der Waals surface area contributed by atoms with Gasteiger partial charge in [0.05, 0.1) is 5.92 Å². The van der Waals surface area contributed by atoms with Crippen molar-refractivity contribution in [3.8, 4) is 23.0 Å². The van der Waals surface area contributed by atoms with Gasteiger partial charge in [0.1, 0.15) is 13.2 Å². The molecule has 0 bridgehead atoms. The molecule has 3 aliphatic heterocycles. The maximum atomic E-state index is 11.1. The first-order chi connectivity index (χ1) is 22.4. The van der Waals surface area contributed by atoms with Crippen LogP contribution in [-0.2, 0) is 4.79 Å². The van der Waals surface area contributed by atoms with Gasteiger partial charge >= 0.3 is 5.97 Å². The zero-order chi connectivity index (χ0) is 32.0. The number of piperidine rings is 1. The van der Waals surface area contributed by atoms with Crippen molar-refractivity contribution in [1.82, 2.24) is 4.90 Å². The third-order valence-corrected chi connectivity index (χ3v) is 9.53. The number of likely N-dealkylation sites (tertiary alicyclic amines) is 1. The molecule has 256 valence electrons. The van der Waals surface area contributed by atoms with Crippen LogP contribution in [0.25, 0.3) is 0 Å². The second kappa shape index (κ2) is 16.9. The van der Waals surface area contributed by atoms with E-state index in [2.05, 4.69) is 83.2 Å². The van der Waals surface area contributed by atoms with E-state index in [0.29, 0.717) is 18.0 Å². The van der Waals surface area contributed by atoms with Gasteiger partial charge in [0.15, 0.2) is 35.2 Å². The van der Waals surface area contributed by atoms with Gasteiger partial charge in [-0.1, -0.05) is 104 Å². The molecular weight excluding hydrogens is 670 g/mol. The molecule has 4 aromatic rings. The van der Waals surface area contributed by atoms with Crippen molar-refractivity contribution in [2.24, 2.45) is 5.92 Å². The van der Waals surface area contributed by atoms with Crippen molar-refractivity contribution < 1.29 is 28.8 Å². The predicted molar refractivity (Wildman–Crippen MR) is 195 cm³/mol. The highest BCUT2D eigenvalue weighted by atomic mass is 79.9. The van der Waals surface area contributed by atoms with Gasteiger partial charge in [-0.15, -0.1) is 0 Å². The molecule has 4 aromatic carbocycles. The van der Waals surface area contributed by atoms with Gasteiger partial charge in [-0.2, -0.15) is 0 Å². The van der Waals surface area contributed by atoms with Crippen molar-refractivity contribution in [2.75, 3.05) is 26.3 Å². The van der Waals surface area contributed by atoms with Crippen molar-refractivity contribution >= 4 is 21.9 Å². The van der Waals surface area contributed by atoms with Gasteiger partial charge in [-0.25, -0.2) is 0 Å². The second-order valence-electron chi connectivity index (χ2n) is 12.0. The molecule has 4 atom stereocenters. The lowest BCUT2D eigenvalue weighted by atomic mass is 9.94. The number of carboxylic acids is 1. The van der Waals surface area contributed by atoms with Crippen LogP contribution in [0, 0.1) is 5.92 Å². The van der Waals surface area contributed by atoms with Crippen molar-refractivity contribution in [3.05, 3.63) is 119 Å². The van der Waals surface area contributed by atoms with E-state index in [1.165, 1.54) is 11.1 Å². The summed E-state index contributed by atoms with van der Waals surface area (Å²) in [6.07, 6.45) is 1.32. The molecule has 1 N–H and O–H groups in total. The van der Waals surface area contributed by atoms with Gasteiger partial charge in [0, 0.05) is 10.9 Å². The molecule has 0 amide bonds. The highest BCUT2D eigenvalue weighted by Crippen LogP contribution is 2.38. The molecule has 1 saturated heterocycles. The number of alkyl halides is 1. The minimum atomic E-state index is -0.664. The number of benzene rings is 4. The Morgan fingerprint density at radius 1 is 0.688 bits per heavy atom. The fraction of sp³-hybridized carbons (Fsp3) is 0.375. The van der Waals surface area contributed by atoms with Crippen LogP contribution in [0.15, 0.2) is 97.1 Å². The standard InChI is InChI=1S/C22H25NO4.C16H15BrO2.2CH4/c1-15(23-12-10-18(11-13-23)22(24)25)16-6-8-17(9-7-16)21-14-26-19-4-2-3-5-20(19)27-21;1-11(17)12-6-8-13(9-7-12)16-10-18-14-4-2-3-5-15(14)19-16;;/h2-9,15,18,21H,10-14H2,1H3,(H,24,25);2-9,11,16H,10H2,1H3;2*1H4/t15?,21-;11?,16-;;/m11../s1. The molecule has 0 saturated carbocycles. The summed E-state index contributed by atoms with van der Waals surface area (Å²) in [5.74, 6) is 2.36. The van der Waals surface area contributed by atoms with Crippen LogP contribution in [0.2, 0.25) is 0 Å². The predicted octanol–water partition coefficient (Wildman–Crippen LogP) is 9.98. The average Bonchev–Trinajstić information content (AvgIpc) is 3.11. The highest BCUT2D eigenvalue weighted by molar-refractivity contribution is 9.09. The van der Waals surface area contributed by atoms with Crippen molar-refractivity contribution in [2.45, 2.75) is 64.6 Å².